The lowest BCUT2D eigenvalue weighted by atomic mass is 10.1. The SMILES string of the molecule is CC/C=C\C/C=C\C/C=C\C/C=C\C/C=C\C/C=C\CCC(=O)OCC(COP(=O)(O)OCC(O)COP(=O)(O)OCC(COC(=O)CCCCCCC/C=C\C/C=C\C/C=C\CC)OC(=O)CCCCCCC/C=C\CCCC)OC(=O)CCCC/C=C\C/C=C\C/C=C\C/C=C\CC. The topological polar surface area (TPSA) is 237 Å². The number of hydrogen-bond acceptors (Lipinski definition) is 15. The third kappa shape index (κ3) is 70.8. The first kappa shape index (κ1) is 94.4. The average molecular weight is 1440 g/mol. The Balaban J connectivity index is 5.46. The van der Waals surface area contributed by atoms with E-state index in [9.17, 15) is 43.2 Å². The summed E-state index contributed by atoms with van der Waals surface area (Å²) in [5.41, 5.74) is 0. The minimum absolute atomic E-state index is 0.0200. The van der Waals surface area contributed by atoms with Gasteiger partial charge in [-0.15, -0.1) is 0 Å². The van der Waals surface area contributed by atoms with E-state index < -0.39 is 97.5 Å². The molecule has 0 aromatic carbocycles. The normalized spacial score (nSPS) is 14.9. The highest BCUT2D eigenvalue weighted by molar-refractivity contribution is 7.47. The number of aliphatic hydroxyl groups is 1. The lowest BCUT2D eigenvalue weighted by Crippen LogP contribution is -2.30. The second kappa shape index (κ2) is 71.8. The van der Waals surface area contributed by atoms with Gasteiger partial charge in [-0.1, -0.05) is 249 Å². The third-order valence-electron chi connectivity index (χ3n) is 14.7. The number of carbonyl (C=O) groups is 4. The van der Waals surface area contributed by atoms with Crippen molar-refractivity contribution in [3.05, 3.63) is 170 Å². The Morgan fingerprint density at radius 2 is 0.540 bits per heavy atom. The Labute approximate surface area is 603 Å². The standard InChI is InChI=1S/C81H130O17P2/c1-5-9-13-17-21-25-29-32-35-36-37-38-41-43-47-50-54-58-62-66-79(84)92-72-77(98-81(86)68-64-60-56-52-48-44-40-34-31-27-23-19-15-11-7-3)74-96-100(89,90)94-70-75(82)69-93-99(87,88)95-73-76(97-80(85)67-63-59-55-51-45-28-24-20-16-12-8-4)71-91-78(83)65-61-57-53-49-46-42-39-33-30-26-22-18-14-10-6-2/h9-11,13-15,20-27,32-35,37-40,43,47-48,52,54,58,75-77,82H,5-8,12,16-19,28-31,36,41-42,44-46,49-51,53,55-57,59-74H2,1-4H3,(H,87,88)(H,89,90)/b13-9-,14-10-,15-11-,24-20-,25-21-,26-22-,27-23-,35-32-,38-37-,39-33-,40-34-,47-43-,52-48-,58-54-. The molecule has 0 heterocycles. The van der Waals surface area contributed by atoms with Gasteiger partial charge in [-0.25, -0.2) is 9.13 Å². The van der Waals surface area contributed by atoms with Crippen LogP contribution in [0.15, 0.2) is 170 Å². The first-order chi connectivity index (χ1) is 48.7. The van der Waals surface area contributed by atoms with Crippen molar-refractivity contribution in [3.63, 3.8) is 0 Å². The number of rotatable bonds is 68. The first-order valence-corrected chi connectivity index (χ1v) is 40.4. The van der Waals surface area contributed by atoms with Crippen LogP contribution in [-0.4, -0.2) is 96.7 Å². The Kier molecular flexibility index (Phi) is 67.8. The van der Waals surface area contributed by atoms with Crippen LogP contribution in [0.1, 0.15) is 259 Å². The lowest BCUT2D eigenvalue weighted by Gasteiger charge is -2.21. The fraction of sp³-hybridized carbons (Fsp3) is 0.605. The Morgan fingerprint density at radius 1 is 0.290 bits per heavy atom. The second-order valence-corrected chi connectivity index (χ2v) is 27.0. The quantitative estimate of drug-likeness (QED) is 0.0169. The van der Waals surface area contributed by atoms with E-state index in [1.165, 1.54) is 12.8 Å². The number of ether oxygens (including phenoxy) is 4. The maximum atomic E-state index is 13.1. The molecular weight excluding hydrogens is 1310 g/mol. The van der Waals surface area contributed by atoms with Crippen molar-refractivity contribution >= 4 is 39.5 Å². The van der Waals surface area contributed by atoms with Crippen LogP contribution in [0.2, 0.25) is 0 Å². The number of allylic oxidation sites excluding steroid dienone is 28. The summed E-state index contributed by atoms with van der Waals surface area (Å²) in [5, 5.41) is 10.6. The highest BCUT2D eigenvalue weighted by Crippen LogP contribution is 2.45. The van der Waals surface area contributed by atoms with Crippen molar-refractivity contribution in [2.75, 3.05) is 39.6 Å². The largest absolute Gasteiger partial charge is 0.472 e. The predicted octanol–water partition coefficient (Wildman–Crippen LogP) is 21.4. The zero-order valence-corrected chi connectivity index (χ0v) is 63.3. The maximum Gasteiger partial charge on any atom is 0.472 e. The van der Waals surface area contributed by atoms with E-state index in [1.807, 2.05) is 24.3 Å². The number of aliphatic hydroxyl groups excluding tert-OH is 1. The minimum atomic E-state index is -5.01. The minimum Gasteiger partial charge on any atom is -0.462 e. The Morgan fingerprint density at radius 3 is 0.890 bits per heavy atom. The van der Waals surface area contributed by atoms with Crippen LogP contribution in [0.25, 0.3) is 0 Å². The summed E-state index contributed by atoms with van der Waals surface area (Å²) in [4.78, 5) is 72.7. The van der Waals surface area contributed by atoms with Crippen molar-refractivity contribution in [1.82, 2.24) is 0 Å². The van der Waals surface area contributed by atoms with Crippen LogP contribution < -0.4 is 0 Å². The molecule has 19 heteroatoms. The van der Waals surface area contributed by atoms with Gasteiger partial charge < -0.3 is 33.8 Å². The third-order valence-corrected chi connectivity index (χ3v) is 16.6. The number of unbranched alkanes of at least 4 members (excludes halogenated alkanes) is 14. The van der Waals surface area contributed by atoms with Crippen molar-refractivity contribution < 1.29 is 80.2 Å². The van der Waals surface area contributed by atoms with Gasteiger partial charge in [-0.2, -0.15) is 0 Å². The zero-order chi connectivity index (χ0) is 73.2. The molecule has 0 spiro atoms. The fourth-order valence-electron chi connectivity index (χ4n) is 9.05. The molecule has 0 amide bonds. The molecule has 3 N–H and O–H groups in total. The number of carbonyl (C=O) groups excluding carboxylic acids is 4. The molecule has 0 aliphatic rings. The molecule has 5 atom stereocenters. The number of hydrogen-bond donors (Lipinski definition) is 3. The van der Waals surface area contributed by atoms with Gasteiger partial charge in [0.2, 0.25) is 0 Å². The monoisotopic (exact) mass is 1440 g/mol. The molecule has 0 radical (unpaired) electrons. The summed E-state index contributed by atoms with van der Waals surface area (Å²) in [6.45, 7) is 4.29. The van der Waals surface area contributed by atoms with E-state index >= 15 is 0 Å². The number of phosphoric acid groups is 2. The fourth-order valence-corrected chi connectivity index (χ4v) is 10.6. The van der Waals surface area contributed by atoms with Gasteiger partial charge in [0.05, 0.1) is 26.4 Å². The number of phosphoric ester groups is 2. The molecule has 0 rings (SSSR count). The zero-order valence-electron chi connectivity index (χ0n) is 61.5. The van der Waals surface area contributed by atoms with Crippen LogP contribution >= 0.6 is 15.6 Å². The summed E-state index contributed by atoms with van der Waals surface area (Å²) >= 11 is 0. The van der Waals surface area contributed by atoms with Crippen molar-refractivity contribution in [2.45, 2.75) is 277 Å². The molecule has 100 heavy (non-hydrogen) atoms. The molecule has 0 saturated carbocycles. The van der Waals surface area contributed by atoms with Crippen LogP contribution in [0.3, 0.4) is 0 Å². The molecule has 0 bridgehead atoms. The van der Waals surface area contributed by atoms with Crippen molar-refractivity contribution in [2.24, 2.45) is 0 Å². The highest BCUT2D eigenvalue weighted by atomic mass is 31.2. The average Bonchev–Trinajstić information content (AvgIpc) is 0.985. The van der Waals surface area contributed by atoms with Crippen LogP contribution in [-0.2, 0) is 65.4 Å². The van der Waals surface area contributed by atoms with E-state index in [0.29, 0.717) is 38.5 Å². The van der Waals surface area contributed by atoms with E-state index in [4.69, 9.17) is 37.0 Å². The summed E-state index contributed by atoms with van der Waals surface area (Å²) in [6, 6.07) is 0. The predicted molar refractivity (Wildman–Crippen MR) is 408 cm³/mol. The lowest BCUT2D eigenvalue weighted by molar-refractivity contribution is -0.161. The van der Waals surface area contributed by atoms with E-state index in [2.05, 4.69) is 174 Å². The summed E-state index contributed by atoms with van der Waals surface area (Å²) in [6.07, 6.45) is 83.8. The molecule has 0 aromatic heterocycles. The van der Waals surface area contributed by atoms with Gasteiger partial charge in [0.25, 0.3) is 0 Å². The van der Waals surface area contributed by atoms with Gasteiger partial charge in [0, 0.05) is 25.7 Å². The molecule has 0 fully saturated rings. The van der Waals surface area contributed by atoms with E-state index in [0.717, 1.165) is 154 Å². The molecule has 0 saturated heterocycles. The van der Waals surface area contributed by atoms with Crippen molar-refractivity contribution in [3.8, 4) is 0 Å². The second-order valence-electron chi connectivity index (χ2n) is 24.1. The summed E-state index contributed by atoms with van der Waals surface area (Å²) < 4.78 is 68.2. The Bertz CT molecular complexity index is 2570. The molecular formula is C81H130O17P2. The van der Waals surface area contributed by atoms with Gasteiger partial charge in [-0.3, -0.25) is 37.3 Å². The van der Waals surface area contributed by atoms with Crippen molar-refractivity contribution in [1.29, 1.82) is 0 Å². The van der Waals surface area contributed by atoms with Gasteiger partial charge >= 0.3 is 39.5 Å². The van der Waals surface area contributed by atoms with Crippen LogP contribution in [0, 0.1) is 0 Å². The van der Waals surface area contributed by atoms with Gasteiger partial charge in [-0.05, 0) is 154 Å². The van der Waals surface area contributed by atoms with Crippen LogP contribution in [0.4, 0.5) is 0 Å². The molecule has 566 valence electrons. The van der Waals surface area contributed by atoms with Crippen LogP contribution in [0.5, 0.6) is 0 Å². The Hall–Kier alpha value is -5.58. The molecule has 5 unspecified atom stereocenters. The summed E-state index contributed by atoms with van der Waals surface area (Å²) in [5.74, 6) is -2.37. The number of esters is 4. The molecule has 17 nitrogen and oxygen atoms in total. The molecule has 0 aromatic rings. The van der Waals surface area contributed by atoms with Gasteiger partial charge in [0.15, 0.2) is 12.2 Å². The van der Waals surface area contributed by atoms with Gasteiger partial charge in [0.1, 0.15) is 19.3 Å². The maximum absolute atomic E-state index is 13.1. The first-order valence-electron chi connectivity index (χ1n) is 37.4. The smallest absolute Gasteiger partial charge is 0.462 e. The summed E-state index contributed by atoms with van der Waals surface area (Å²) in [7, 11) is -10.0. The van der Waals surface area contributed by atoms with E-state index in [1.54, 1.807) is 0 Å². The van der Waals surface area contributed by atoms with E-state index in [-0.39, 0.29) is 25.7 Å². The molecule has 0 aliphatic carbocycles. The molecule has 0 aliphatic heterocycles. The highest BCUT2D eigenvalue weighted by Gasteiger charge is 2.30.